The quantitative estimate of drug-likeness (QED) is 0.800. The van der Waals surface area contributed by atoms with Gasteiger partial charge in [0.05, 0.1) is 5.75 Å². The van der Waals surface area contributed by atoms with Gasteiger partial charge in [0.25, 0.3) is 0 Å². The van der Waals surface area contributed by atoms with E-state index in [1.807, 2.05) is 0 Å². The van der Waals surface area contributed by atoms with Crippen LogP contribution in [0.1, 0.15) is 18.4 Å². The van der Waals surface area contributed by atoms with Gasteiger partial charge in [-0.1, -0.05) is 18.2 Å². The van der Waals surface area contributed by atoms with Crippen LogP contribution in [0.25, 0.3) is 0 Å². The molecule has 1 aromatic carbocycles. The average Bonchev–Trinajstić information content (AvgIpc) is 2.67. The maximum Gasteiger partial charge on any atom is 0.222 e. The number of benzene rings is 1. The molecular weight excluding hydrogens is 355 g/mol. The van der Waals surface area contributed by atoms with Crippen LogP contribution >= 0.6 is 0 Å². The van der Waals surface area contributed by atoms with Crippen molar-refractivity contribution in [3.05, 3.63) is 54.1 Å². The average molecular weight is 378 g/mol. The summed E-state index contributed by atoms with van der Waals surface area (Å²) in [6.07, 6.45) is 5.14. The zero-order valence-corrected chi connectivity index (χ0v) is 15.3. The van der Waals surface area contributed by atoms with Gasteiger partial charge in [0.2, 0.25) is 16.0 Å². The third-order valence-corrected chi connectivity index (χ3v) is 6.54. The Morgan fingerprint density at radius 1 is 1.12 bits per heavy atom. The van der Waals surface area contributed by atoms with E-state index in [9.17, 15) is 12.8 Å². The highest BCUT2D eigenvalue weighted by Crippen LogP contribution is 2.21. The Balaban J connectivity index is 1.46. The Hall–Kier alpha value is -2.06. The van der Waals surface area contributed by atoms with Gasteiger partial charge in [0.15, 0.2) is 0 Å². The molecule has 2 aromatic rings. The molecule has 26 heavy (non-hydrogen) atoms. The number of hydrogen-bond donors (Lipinski definition) is 1. The Labute approximate surface area is 153 Å². The van der Waals surface area contributed by atoms with Crippen LogP contribution in [-0.2, 0) is 16.4 Å². The minimum absolute atomic E-state index is 0.0608. The van der Waals surface area contributed by atoms with Crippen LogP contribution in [0.15, 0.2) is 42.7 Å². The Kier molecular flexibility index (Phi) is 6.16. The van der Waals surface area contributed by atoms with Crippen LogP contribution in [0.4, 0.5) is 10.3 Å². The molecule has 6 nitrogen and oxygen atoms in total. The van der Waals surface area contributed by atoms with Crippen molar-refractivity contribution < 1.29 is 12.8 Å². The fraction of sp³-hybridized carbons (Fsp3) is 0.444. The third-order valence-electron chi connectivity index (χ3n) is 4.67. The monoisotopic (exact) mass is 378 g/mol. The summed E-state index contributed by atoms with van der Waals surface area (Å²) >= 11 is 0. The van der Waals surface area contributed by atoms with E-state index >= 15 is 0 Å². The molecule has 0 saturated carbocycles. The van der Waals surface area contributed by atoms with Crippen LogP contribution in [0.3, 0.4) is 0 Å². The fourth-order valence-electron chi connectivity index (χ4n) is 3.09. The number of piperidine rings is 1. The summed E-state index contributed by atoms with van der Waals surface area (Å²) in [5.41, 5.74) is 0.443. The number of sulfonamides is 1. The van der Waals surface area contributed by atoms with Crippen molar-refractivity contribution in [2.45, 2.75) is 19.3 Å². The molecule has 0 atom stereocenters. The van der Waals surface area contributed by atoms with E-state index in [-0.39, 0.29) is 18.0 Å². The van der Waals surface area contributed by atoms with E-state index in [2.05, 4.69) is 15.3 Å². The maximum absolute atomic E-state index is 13.7. The maximum atomic E-state index is 13.7. The number of anilines is 1. The van der Waals surface area contributed by atoms with Gasteiger partial charge in [-0.25, -0.2) is 27.1 Å². The smallest absolute Gasteiger partial charge is 0.222 e. The molecule has 1 aliphatic rings. The van der Waals surface area contributed by atoms with E-state index in [1.165, 1.54) is 10.4 Å². The number of aromatic nitrogens is 2. The predicted molar refractivity (Wildman–Crippen MR) is 98.7 cm³/mol. The highest BCUT2D eigenvalue weighted by atomic mass is 32.2. The summed E-state index contributed by atoms with van der Waals surface area (Å²) in [5, 5.41) is 3.19. The number of aryl methyl sites for hydroxylation is 1. The molecule has 1 aliphatic heterocycles. The van der Waals surface area contributed by atoms with Gasteiger partial charge in [0.1, 0.15) is 5.82 Å². The van der Waals surface area contributed by atoms with Crippen molar-refractivity contribution >= 4 is 16.0 Å². The lowest BCUT2D eigenvalue weighted by Crippen LogP contribution is -2.41. The second kappa shape index (κ2) is 8.55. The Morgan fingerprint density at radius 2 is 1.81 bits per heavy atom. The van der Waals surface area contributed by atoms with E-state index in [4.69, 9.17) is 0 Å². The van der Waals surface area contributed by atoms with Gasteiger partial charge in [-0.2, -0.15) is 0 Å². The van der Waals surface area contributed by atoms with Crippen LogP contribution in [0.2, 0.25) is 0 Å². The molecule has 0 aliphatic carbocycles. The van der Waals surface area contributed by atoms with Crippen molar-refractivity contribution in [2.24, 2.45) is 5.92 Å². The van der Waals surface area contributed by atoms with E-state index in [0.29, 0.717) is 30.5 Å². The topological polar surface area (TPSA) is 75.2 Å². The molecule has 3 rings (SSSR count). The summed E-state index contributed by atoms with van der Waals surface area (Å²) in [6, 6.07) is 8.08. The largest absolute Gasteiger partial charge is 0.354 e. The minimum Gasteiger partial charge on any atom is -0.354 e. The second-order valence-corrected chi connectivity index (χ2v) is 8.54. The van der Waals surface area contributed by atoms with Crippen molar-refractivity contribution in [3.8, 4) is 0 Å². The molecule has 140 valence electrons. The fourth-order valence-corrected chi connectivity index (χ4v) is 4.59. The first kappa shape index (κ1) is 18.7. The van der Waals surface area contributed by atoms with Crippen LogP contribution < -0.4 is 5.32 Å². The molecule has 0 spiro atoms. The summed E-state index contributed by atoms with van der Waals surface area (Å²) in [6.45, 7) is 1.73. The van der Waals surface area contributed by atoms with Gasteiger partial charge >= 0.3 is 0 Å². The van der Waals surface area contributed by atoms with Gasteiger partial charge in [-0.15, -0.1) is 0 Å². The molecule has 0 bridgehead atoms. The molecule has 0 amide bonds. The third kappa shape index (κ3) is 4.98. The molecule has 0 unspecified atom stereocenters. The van der Waals surface area contributed by atoms with Crippen LogP contribution in [-0.4, -0.2) is 48.1 Å². The van der Waals surface area contributed by atoms with Gasteiger partial charge in [0, 0.05) is 32.0 Å². The second-order valence-electron chi connectivity index (χ2n) is 6.45. The SMILES string of the molecule is O=S(=O)(CCc1ccccc1F)N1CCC(CNc2ncccn2)CC1. The molecule has 8 heteroatoms. The van der Waals surface area contributed by atoms with Crippen LogP contribution in [0.5, 0.6) is 0 Å². The highest BCUT2D eigenvalue weighted by molar-refractivity contribution is 7.89. The van der Waals surface area contributed by atoms with Gasteiger partial charge < -0.3 is 5.32 Å². The summed E-state index contributed by atoms with van der Waals surface area (Å²) < 4.78 is 40.2. The molecule has 2 heterocycles. The molecule has 1 fully saturated rings. The van der Waals surface area contributed by atoms with E-state index in [1.54, 1.807) is 36.7 Å². The van der Waals surface area contributed by atoms with Gasteiger partial charge in [-0.3, -0.25) is 0 Å². The number of rotatable bonds is 7. The number of nitrogens with one attached hydrogen (secondary N) is 1. The first-order valence-electron chi connectivity index (χ1n) is 8.77. The first-order chi connectivity index (χ1) is 12.5. The zero-order chi connectivity index (χ0) is 18.4. The number of nitrogens with zero attached hydrogens (tertiary/aromatic N) is 3. The van der Waals surface area contributed by atoms with Crippen molar-refractivity contribution in [1.29, 1.82) is 0 Å². The van der Waals surface area contributed by atoms with Crippen molar-refractivity contribution in [2.75, 3.05) is 30.7 Å². The number of halogens is 1. The van der Waals surface area contributed by atoms with E-state index < -0.39 is 10.0 Å². The molecule has 0 radical (unpaired) electrons. The molecule has 1 saturated heterocycles. The first-order valence-corrected chi connectivity index (χ1v) is 10.4. The predicted octanol–water partition coefficient (Wildman–Crippen LogP) is 2.31. The normalized spacial score (nSPS) is 16.5. The summed E-state index contributed by atoms with van der Waals surface area (Å²) in [5.74, 6) is 0.564. The summed E-state index contributed by atoms with van der Waals surface area (Å²) in [7, 11) is -3.37. The lowest BCUT2D eigenvalue weighted by Gasteiger charge is -2.31. The molecule has 1 N–H and O–H groups in total. The van der Waals surface area contributed by atoms with Gasteiger partial charge in [-0.05, 0) is 42.9 Å². The zero-order valence-electron chi connectivity index (χ0n) is 14.5. The van der Waals surface area contributed by atoms with Crippen molar-refractivity contribution in [3.63, 3.8) is 0 Å². The van der Waals surface area contributed by atoms with Crippen molar-refractivity contribution in [1.82, 2.24) is 14.3 Å². The Morgan fingerprint density at radius 3 is 2.50 bits per heavy atom. The number of hydrogen-bond acceptors (Lipinski definition) is 5. The molecule has 1 aromatic heterocycles. The van der Waals surface area contributed by atoms with Crippen LogP contribution in [0, 0.1) is 11.7 Å². The minimum atomic E-state index is -3.37. The Bertz CT molecular complexity index is 809. The highest BCUT2D eigenvalue weighted by Gasteiger charge is 2.27. The molecular formula is C18H23FN4O2S. The lowest BCUT2D eigenvalue weighted by atomic mass is 9.98. The lowest BCUT2D eigenvalue weighted by molar-refractivity contribution is 0.282. The summed E-state index contributed by atoms with van der Waals surface area (Å²) in [4.78, 5) is 8.24. The van der Waals surface area contributed by atoms with E-state index in [0.717, 1.165) is 19.4 Å². The standard InChI is InChI=1S/C18H23FN4O2S/c19-17-5-2-1-4-16(17)8-13-26(24,25)23-11-6-15(7-12-23)14-22-18-20-9-3-10-21-18/h1-5,9-10,15H,6-8,11-14H2,(H,20,21,22).